The second kappa shape index (κ2) is 6.14. The zero-order valence-electron chi connectivity index (χ0n) is 15.2. The molecule has 0 spiro atoms. The van der Waals surface area contributed by atoms with Crippen LogP contribution in [-0.4, -0.2) is 28.9 Å². The standard InChI is InChI=1S/C20H19N3O2S2/c1-20(2)10-13-17(15(24)11-20)27-19(22-13)23-6-7-25-16-4-3-12(9-14(16)23)18-21-5-8-26-18/h3-5,8-9H,6-7,10-11H2,1-2H3. The molecule has 0 fully saturated rings. The van der Waals surface area contributed by atoms with Gasteiger partial charge in [-0.3, -0.25) is 4.79 Å². The molecule has 0 saturated heterocycles. The van der Waals surface area contributed by atoms with Gasteiger partial charge < -0.3 is 9.64 Å². The van der Waals surface area contributed by atoms with Crippen LogP contribution < -0.4 is 9.64 Å². The average molecular weight is 398 g/mol. The Morgan fingerprint density at radius 2 is 2.15 bits per heavy atom. The number of hydrogen-bond donors (Lipinski definition) is 0. The minimum Gasteiger partial charge on any atom is -0.490 e. The van der Waals surface area contributed by atoms with E-state index in [1.165, 1.54) is 11.3 Å². The van der Waals surface area contributed by atoms with Crippen molar-refractivity contribution in [2.24, 2.45) is 5.41 Å². The van der Waals surface area contributed by atoms with Gasteiger partial charge in [0.25, 0.3) is 0 Å². The zero-order chi connectivity index (χ0) is 18.6. The highest BCUT2D eigenvalue weighted by molar-refractivity contribution is 7.17. The maximum atomic E-state index is 12.6. The van der Waals surface area contributed by atoms with E-state index in [-0.39, 0.29) is 11.2 Å². The third-order valence-electron chi connectivity index (χ3n) is 4.96. The molecule has 0 N–H and O–H groups in total. The third kappa shape index (κ3) is 2.95. The summed E-state index contributed by atoms with van der Waals surface area (Å²) < 4.78 is 5.86. The molecule has 3 aromatic rings. The Morgan fingerprint density at radius 1 is 1.26 bits per heavy atom. The van der Waals surface area contributed by atoms with Gasteiger partial charge in [-0.2, -0.15) is 0 Å². The topological polar surface area (TPSA) is 55.3 Å². The lowest BCUT2D eigenvalue weighted by molar-refractivity contribution is 0.0916. The van der Waals surface area contributed by atoms with Crippen LogP contribution in [0.1, 0.15) is 35.6 Å². The first kappa shape index (κ1) is 16.9. The van der Waals surface area contributed by atoms with Gasteiger partial charge in [-0.05, 0) is 30.0 Å². The molecule has 0 atom stereocenters. The molecule has 2 aromatic heterocycles. The molecule has 2 aliphatic rings. The Labute approximate surface area is 165 Å². The van der Waals surface area contributed by atoms with Crippen LogP contribution in [0.3, 0.4) is 0 Å². The Balaban J connectivity index is 1.57. The van der Waals surface area contributed by atoms with Gasteiger partial charge in [0.05, 0.1) is 22.8 Å². The van der Waals surface area contributed by atoms with Crippen LogP contribution in [-0.2, 0) is 6.42 Å². The van der Waals surface area contributed by atoms with Gasteiger partial charge in [0.15, 0.2) is 10.9 Å². The number of aromatic nitrogens is 2. The van der Waals surface area contributed by atoms with E-state index in [0.717, 1.165) is 50.7 Å². The SMILES string of the molecule is CC1(C)CC(=O)c2sc(N3CCOc4ccc(-c5nccs5)cc43)nc2C1. The van der Waals surface area contributed by atoms with Crippen LogP contribution >= 0.6 is 22.7 Å². The normalized spacial score (nSPS) is 18.0. The predicted molar refractivity (Wildman–Crippen MR) is 109 cm³/mol. The number of ether oxygens (including phenoxy) is 1. The number of rotatable bonds is 2. The maximum absolute atomic E-state index is 12.6. The van der Waals surface area contributed by atoms with E-state index in [0.29, 0.717) is 13.0 Å². The Morgan fingerprint density at radius 3 is 2.96 bits per heavy atom. The van der Waals surface area contributed by atoms with Gasteiger partial charge in [0.1, 0.15) is 17.4 Å². The van der Waals surface area contributed by atoms with Crippen molar-refractivity contribution in [1.29, 1.82) is 0 Å². The van der Waals surface area contributed by atoms with Crippen molar-refractivity contribution in [3.05, 3.63) is 40.3 Å². The molecule has 1 aliphatic heterocycles. The van der Waals surface area contributed by atoms with Crippen molar-refractivity contribution in [3.8, 4) is 16.3 Å². The molecule has 0 saturated carbocycles. The summed E-state index contributed by atoms with van der Waals surface area (Å²) in [5.74, 6) is 1.07. The van der Waals surface area contributed by atoms with Gasteiger partial charge in [-0.1, -0.05) is 25.2 Å². The van der Waals surface area contributed by atoms with E-state index in [4.69, 9.17) is 9.72 Å². The number of ketones is 1. The summed E-state index contributed by atoms with van der Waals surface area (Å²) in [6.07, 6.45) is 3.26. The molecule has 27 heavy (non-hydrogen) atoms. The monoisotopic (exact) mass is 397 g/mol. The number of Topliss-reactive ketones (excluding diaryl/α,β-unsaturated/α-hetero) is 1. The minimum atomic E-state index is -0.0175. The van der Waals surface area contributed by atoms with E-state index in [2.05, 4.69) is 29.8 Å². The van der Waals surface area contributed by atoms with E-state index >= 15 is 0 Å². The number of carbonyl (C=O) groups excluding carboxylic acids is 1. The molecule has 0 radical (unpaired) electrons. The molecule has 0 unspecified atom stereocenters. The van der Waals surface area contributed by atoms with Gasteiger partial charge in [-0.15, -0.1) is 11.3 Å². The minimum absolute atomic E-state index is 0.0175. The number of benzene rings is 1. The summed E-state index contributed by atoms with van der Waals surface area (Å²) in [5, 5.41) is 3.84. The second-order valence-electron chi connectivity index (χ2n) is 7.73. The fourth-order valence-electron chi connectivity index (χ4n) is 3.74. The summed E-state index contributed by atoms with van der Waals surface area (Å²) in [7, 11) is 0. The highest BCUT2D eigenvalue weighted by atomic mass is 32.1. The highest BCUT2D eigenvalue weighted by Crippen LogP contribution is 2.44. The molecule has 1 aliphatic carbocycles. The van der Waals surface area contributed by atoms with Gasteiger partial charge in [0, 0.05) is 23.6 Å². The Bertz CT molecular complexity index is 1020. The van der Waals surface area contributed by atoms with Crippen molar-refractivity contribution < 1.29 is 9.53 Å². The van der Waals surface area contributed by atoms with Crippen LogP contribution in [0.25, 0.3) is 10.6 Å². The second-order valence-corrected chi connectivity index (χ2v) is 9.61. The van der Waals surface area contributed by atoms with Crippen LogP contribution in [0.5, 0.6) is 5.75 Å². The summed E-state index contributed by atoms with van der Waals surface area (Å²) >= 11 is 3.13. The number of fused-ring (bicyclic) bond motifs is 2. The van der Waals surface area contributed by atoms with Crippen molar-refractivity contribution >= 4 is 39.3 Å². The molecule has 0 amide bonds. The first-order chi connectivity index (χ1) is 13.0. The lowest BCUT2D eigenvalue weighted by Crippen LogP contribution is -2.28. The Hall–Kier alpha value is -2.25. The van der Waals surface area contributed by atoms with Crippen molar-refractivity contribution in [1.82, 2.24) is 9.97 Å². The number of nitrogens with zero attached hydrogens (tertiary/aromatic N) is 3. The summed E-state index contributed by atoms with van der Waals surface area (Å²) in [6.45, 7) is 5.60. The lowest BCUT2D eigenvalue weighted by atomic mass is 9.78. The molecule has 5 nitrogen and oxygen atoms in total. The van der Waals surface area contributed by atoms with Crippen molar-refractivity contribution in [2.75, 3.05) is 18.1 Å². The smallest absolute Gasteiger partial charge is 0.190 e. The molecule has 7 heteroatoms. The van der Waals surface area contributed by atoms with Crippen LogP contribution in [0.4, 0.5) is 10.8 Å². The van der Waals surface area contributed by atoms with E-state index < -0.39 is 0 Å². The Kier molecular flexibility index (Phi) is 3.84. The first-order valence-electron chi connectivity index (χ1n) is 8.97. The largest absolute Gasteiger partial charge is 0.490 e. The zero-order valence-corrected chi connectivity index (χ0v) is 16.8. The summed E-state index contributed by atoms with van der Waals surface area (Å²) in [5.41, 5.74) is 2.99. The molecule has 0 bridgehead atoms. The predicted octanol–water partition coefficient (Wildman–Crippen LogP) is 4.95. The molecule has 5 rings (SSSR count). The molecular weight excluding hydrogens is 378 g/mol. The number of carbonyl (C=O) groups is 1. The maximum Gasteiger partial charge on any atom is 0.190 e. The van der Waals surface area contributed by atoms with Gasteiger partial charge in [0.2, 0.25) is 0 Å². The fraction of sp³-hybridized carbons (Fsp3) is 0.350. The van der Waals surface area contributed by atoms with Crippen LogP contribution in [0, 0.1) is 5.41 Å². The van der Waals surface area contributed by atoms with Crippen LogP contribution in [0.2, 0.25) is 0 Å². The number of hydrogen-bond acceptors (Lipinski definition) is 7. The van der Waals surface area contributed by atoms with Crippen molar-refractivity contribution in [3.63, 3.8) is 0 Å². The third-order valence-corrected chi connectivity index (χ3v) is 6.94. The first-order valence-corrected chi connectivity index (χ1v) is 10.7. The van der Waals surface area contributed by atoms with Crippen LogP contribution in [0.15, 0.2) is 29.8 Å². The summed E-state index contributed by atoms with van der Waals surface area (Å²) in [6, 6.07) is 6.15. The lowest BCUT2D eigenvalue weighted by Gasteiger charge is -2.29. The average Bonchev–Trinajstić information content (AvgIpc) is 3.29. The van der Waals surface area contributed by atoms with E-state index in [1.54, 1.807) is 11.3 Å². The number of anilines is 2. The molecule has 138 valence electrons. The van der Waals surface area contributed by atoms with Gasteiger partial charge in [-0.25, -0.2) is 9.97 Å². The molecular formula is C20H19N3O2S2. The highest BCUT2D eigenvalue weighted by Gasteiger charge is 2.35. The summed E-state index contributed by atoms with van der Waals surface area (Å²) in [4.78, 5) is 24.9. The number of thiazole rings is 2. The molecule has 1 aromatic carbocycles. The van der Waals surface area contributed by atoms with Crippen molar-refractivity contribution in [2.45, 2.75) is 26.7 Å². The van der Waals surface area contributed by atoms with Gasteiger partial charge >= 0.3 is 0 Å². The van der Waals surface area contributed by atoms with E-state index in [1.807, 2.05) is 23.7 Å². The van der Waals surface area contributed by atoms with E-state index in [9.17, 15) is 4.79 Å². The quantitative estimate of drug-likeness (QED) is 0.612. The fourth-order valence-corrected chi connectivity index (χ4v) is 5.43. The molecule has 3 heterocycles.